The molecule has 28 heavy (non-hydrogen) atoms. The van der Waals surface area contributed by atoms with Gasteiger partial charge in [-0.15, -0.1) is 0 Å². The fourth-order valence-electron chi connectivity index (χ4n) is 3.07. The Bertz CT molecular complexity index is 986. The average Bonchev–Trinajstić information content (AvgIpc) is 2.73. The van der Waals surface area contributed by atoms with Crippen LogP contribution in [-0.4, -0.2) is 58.7 Å². The lowest BCUT2D eigenvalue weighted by Gasteiger charge is -2.27. The van der Waals surface area contributed by atoms with E-state index in [1.807, 2.05) is 0 Å². The van der Waals surface area contributed by atoms with Gasteiger partial charge in [-0.25, -0.2) is 8.42 Å². The number of nitrogens with one attached hydrogen (secondary N) is 1. The van der Waals surface area contributed by atoms with Gasteiger partial charge < -0.3 is 19.1 Å². The van der Waals surface area contributed by atoms with Crippen molar-refractivity contribution in [3.63, 3.8) is 0 Å². The SMILES string of the molecule is O=C(c1cccc(NS(=O)(=O)c2ccc3c(c2)OCCO3)c1)N1CCOCC1. The van der Waals surface area contributed by atoms with E-state index >= 15 is 0 Å². The van der Waals surface area contributed by atoms with Crippen LogP contribution < -0.4 is 14.2 Å². The lowest BCUT2D eigenvalue weighted by Crippen LogP contribution is -2.40. The molecular formula is C19H20N2O6S. The third kappa shape index (κ3) is 3.90. The van der Waals surface area contributed by atoms with Crippen LogP contribution in [-0.2, 0) is 14.8 Å². The molecule has 0 atom stereocenters. The van der Waals surface area contributed by atoms with Crippen LogP contribution in [0.1, 0.15) is 10.4 Å². The van der Waals surface area contributed by atoms with Crippen LogP contribution in [0.2, 0.25) is 0 Å². The molecule has 4 rings (SSSR count). The van der Waals surface area contributed by atoms with Crippen LogP contribution in [0.3, 0.4) is 0 Å². The third-order valence-electron chi connectivity index (χ3n) is 4.48. The van der Waals surface area contributed by atoms with Crippen LogP contribution in [0.15, 0.2) is 47.4 Å². The highest BCUT2D eigenvalue weighted by molar-refractivity contribution is 7.92. The van der Waals surface area contributed by atoms with Crippen molar-refractivity contribution in [2.75, 3.05) is 44.2 Å². The summed E-state index contributed by atoms with van der Waals surface area (Å²) in [7, 11) is -3.84. The molecule has 2 aromatic carbocycles. The maximum absolute atomic E-state index is 12.8. The molecule has 0 saturated carbocycles. The molecule has 1 amide bonds. The standard InChI is InChI=1S/C19H20N2O6S/c22-19(21-6-8-25-9-7-21)14-2-1-3-15(12-14)20-28(23,24)16-4-5-17-18(13-16)27-11-10-26-17/h1-5,12-13,20H,6-11H2. The number of hydrogen-bond donors (Lipinski definition) is 1. The Labute approximate surface area is 163 Å². The van der Waals surface area contributed by atoms with Crippen molar-refractivity contribution in [3.05, 3.63) is 48.0 Å². The zero-order valence-electron chi connectivity index (χ0n) is 15.1. The topological polar surface area (TPSA) is 94.2 Å². The second-order valence-corrected chi connectivity index (χ2v) is 8.08. The minimum Gasteiger partial charge on any atom is -0.486 e. The zero-order chi connectivity index (χ0) is 19.6. The molecule has 9 heteroatoms. The molecular weight excluding hydrogens is 384 g/mol. The molecule has 0 spiro atoms. The van der Waals surface area contributed by atoms with E-state index in [1.165, 1.54) is 18.2 Å². The summed E-state index contributed by atoms with van der Waals surface area (Å²) >= 11 is 0. The molecule has 0 unspecified atom stereocenters. The number of amides is 1. The fraction of sp³-hybridized carbons (Fsp3) is 0.316. The largest absolute Gasteiger partial charge is 0.486 e. The number of hydrogen-bond acceptors (Lipinski definition) is 6. The van der Waals surface area contributed by atoms with Gasteiger partial charge in [-0.05, 0) is 30.3 Å². The van der Waals surface area contributed by atoms with Gasteiger partial charge in [0.05, 0.1) is 18.1 Å². The number of morpholine rings is 1. The van der Waals surface area contributed by atoms with Crippen LogP contribution >= 0.6 is 0 Å². The number of anilines is 1. The Hall–Kier alpha value is -2.78. The molecule has 2 aliphatic rings. The number of carbonyl (C=O) groups is 1. The fourth-order valence-corrected chi connectivity index (χ4v) is 4.13. The molecule has 0 radical (unpaired) electrons. The van der Waals surface area contributed by atoms with E-state index in [4.69, 9.17) is 14.2 Å². The van der Waals surface area contributed by atoms with Gasteiger partial charge in [0.2, 0.25) is 0 Å². The number of nitrogens with zero attached hydrogens (tertiary/aromatic N) is 1. The molecule has 148 valence electrons. The van der Waals surface area contributed by atoms with Crippen LogP contribution in [0.25, 0.3) is 0 Å². The van der Waals surface area contributed by atoms with Crippen molar-refractivity contribution in [2.45, 2.75) is 4.90 Å². The van der Waals surface area contributed by atoms with E-state index in [0.29, 0.717) is 62.3 Å². The summed E-state index contributed by atoms with van der Waals surface area (Å²) in [5.41, 5.74) is 0.735. The van der Waals surface area contributed by atoms with Crippen LogP contribution in [0.5, 0.6) is 11.5 Å². The Balaban J connectivity index is 1.54. The maximum Gasteiger partial charge on any atom is 0.262 e. The lowest BCUT2D eigenvalue weighted by atomic mass is 10.1. The first-order valence-corrected chi connectivity index (χ1v) is 10.4. The van der Waals surface area contributed by atoms with Crippen LogP contribution in [0.4, 0.5) is 5.69 Å². The zero-order valence-corrected chi connectivity index (χ0v) is 15.9. The summed E-state index contributed by atoms with van der Waals surface area (Å²) in [6.07, 6.45) is 0. The van der Waals surface area contributed by atoms with Crippen molar-refractivity contribution in [1.82, 2.24) is 4.90 Å². The smallest absolute Gasteiger partial charge is 0.262 e. The molecule has 1 fully saturated rings. The highest BCUT2D eigenvalue weighted by Crippen LogP contribution is 2.32. The molecule has 1 N–H and O–H groups in total. The van der Waals surface area contributed by atoms with Gasteiger partial charge in [-0.1, -0.05) is 6.07 Å². The Morgan fingerprint density at radius 2 is 1.68 bits per heavy atom. The van der Waals surface area contributed by atoms with Gasteiger partial charge in [0.25, 0.3) is 15.9 Å². The number of rotatable bonds is 4. The van der Waals surface area contributed by atoms with Crippen molar-refractivity contribution in [3.8, 4) is 11.5 Å². The molecule has 0 bridgehead atoms. The highest BCUT2D eigenvalue weighted by Gasteiger charge is 2.21. The predicted molar refractivity (Wildman–Crippen MR) is 101 cm³/mol. The van der Waals surface area contributed by atoms with Crippen molar-refractivity contribution < 1.29 is 27.4 Å². The van der Waals surface area contributed by atoms with Gasteiger partial charge in [-0.3, -0.25) is 9.52 Å². The first kappa shape index (κ1) is 18.6. The first-order valence-electron chi connectivity index (χ1n) is 8.92. The average molecular weight is 404 g/mol. The Morgan fingerprint density at radius 3 is 2.46 bits per heavy atom. The van der Waals surface area contributed by atoms with E-state index < -0.39 is 10.0 Å². The molecule has 1 saturated heterocycles. The van der Waals surface area contributed by atoms with E-state index in [1.54, 1.807) is 29.2 Å². The van der Waals surface area contributed by atoms with E-state index in [2.05, 4.69) is 4.72 Å². The molecule has 2 aromatic rings. The van der Waals surface area contributed by atoms with Gasteiger partial charge >= 0.3 is 0 Å². The molecule has 8 nitrogen and oxygen atoms in total. The minimum absolute atomic E-state index is 0.0571. The quantitative estimate of drug-likeness (QED) is 0.834. The summed E-state index contributed by atoms with van der Waals surface area (Å²) in [6.45, 7) is 2.85. The number of benzene rings is 2. The van der Waals surface area contributed by atoms with Gasteiger partial charge in [0.1, 0.15) is 13.2 Å². The number of sulfonamides is 1. The Morgan fingerprint density at radius 1 is 0.929 bits per heavy atom. The first-order chi connectivity index (χ1) is 13.5. The van der Waals surface area contributed by atoms with E-state index in [0.717, 1.165) is 0 Å². The molecule has 2 aliphatic heterocycles. The summed E-state index contributed by atoms with van der Waals surface area (Å²) in [6, 6.07) is 10.9. The van der Waals surface area contributed by atoms with Crippen LogP contribution in [0, 0.1) is 0 Å². The van der Waals surface area contributed by atoms with Gasteiger partial charge in [-0.2, -0.15) is 0 Å². The maximum atomic E-state index is 12.8. The molecule has 0 aromatic heterocycles. The van der Waals surface area contributed by atoms with Crippen molar-refractivity contribution in [2.24, 2.45) is 0 Å². The third-order valence-corrected chi connectivity index (χ3v) is 5.86. The van der Waals surface area contributed by atoms with Crippen molar-refractivity contribution in [1.29, 1.82) is 0 Å². The second kappa shape index (κ2) is 7.69. The molecule has 0 aliphatic carbocycles. The summed E-state index contributed by atoms with van der Waals surface area (Å²) in [4.78, 5) is 14.4. The monoisotopic (exact) mass is 404 g/mol. The highest BCUT2D eigenvalue weighted by atomic mass is 32.2. The summed E-state index contributed by atoms with van der Waals surface area (Å²) in [5, 5.41) is 0. The predicted octanol–water partition coefficient (Wildman–Crippen LogP) is 1.73. The van der Waals surface area contributed by atoms with Gasteiger partial charge in [0, 0.05) is 30.4 Å². The summed E-state index contributed by atoms with van der Waals surface area (Å²) in [5.74, 6) is 0.761. The minimum atomic E-state index is -3.84. The summed E-state index contributed by atoms with van der Waals surface area (Å²) < 4.78 is 44.1. The van der Waals surface area contributed by atoms with Crippen molar-refractivity contribution >= 4 is 21.6 Å². The number of carbonyl (C=O) groups excluding carboxylic acids is 1. The molecule has 2 heterocycles. The van der Waals surface area contributed by atoms with E-state index in [9.17, 15) is 13.2 Å². The normalized spacial score (nSPS) is 16.5. The van der Waals surface area contributed by atoms with E-state index in [-0.39, 0.29) is 10.8 Å². The number of fused-ring (bicyclic) bond motifs is 1. The Kier molecular flexibility index (Phi) is 5.10. The van der Waals surface area contributed by atoms with Gasteiger partial charge in [0.15, 0.2) is 11.5 Å². The number of ether oxygens (including phenoxy) is 3. The lowest BCUT2D eigenvalue weighted by molar-refractivity contribution is 0.0303. The second-order valence-electron chi connectivity index (χ2n) is 6.40.